The lowest BCUT2D eigenvalue weighted by atomic mass is 9.99. The molecule has 1 aliphatic heterocycles. The van der Waals surface area contributed by atoms with Crippen molar-refractivity contribution >= 4 is 11.9 Å². The van der Waals surface area contributed by atoms with E-state index in [0.29, 0.717) is 12.8 Å². The number of hydrogen-bond acceptors (Lipinski definition) is 8. The molecule has 9 heteroatoms. The van der Waals surface area contributed by atoms with Crippen LogP contribution in [-0.4, -0.2) is 75.3 Å². The quantitative estimate of drug-likeness (QED) is 0.0370. The van der Waals surface area contributed by atoms with Gasteiger partial charge in [-0.15, -0.1) is 0 Å². The fraction of sp³-hybridized carbons (Fsp3) is 0.952. The largest absolute Gasteiger partial charge is 0.481 e. The predicted octanol–water partition coefficient (Wildman–Crippen LogP) is 9.94. The molecule has 1 aliphatic rings. The third kappa shape index (κ3) is 25.4. The third-order valence-electron chi connectivity index (χ3n) is 10.5. The minimum atomic E-state index is -1.46. The second kappa shape index (κ2) is 32.2. The van der Waals surface area contributed by atoms with Gasteiger partial charge in [0.15, 0.2) is 6.29 Å². The van der Waals surface area contributed by atoms with Crippen LogP contribution in [0.4, 0.5) is 0 Å². The number of carbonyl (C=O) groups is 2. The van der Waals surface area contributed by atoms with E-state index in [1.165, 1.54) is 128 Å². The predicted molar refractivity (Wildman–Crippen MR) is 205 cm³/mol. The lowest BCUT2D eigenvalue weighted by Gasteiger charge is -2.40. The van der Waals surface area contributed by atoms with Gasteiger partial charge in [0.25, 0.3) is 0 Å². The number of unbranched alkanes of at least 4 members (excludes halogenated alkanes) is 24. The number of hydrogen-bond donors (Lipinski definition) is 4. The van der Waals surface area contributed by atoms with E-state index in [0.717, 1.165) is 38.5 Å². The molecule has 4 unspecified atom stereocenters. The highest BCUT2D eigenvalue weighted by Crippen LogP contribution is 2.26. The molecule has 1 fully saturated rings. The van der Waals surface area contributed by atoms with E-state index in [1.807, 2.05) is 0 Å². The number of aliphatic hydroxyl groups excluding tert-OH is 3. The standard InChI is InChI=1S/C42H80O9/c1-4-6-8-10-12-14-16-18-20-22-24-26-28-30-35(32-37(43)44)50-38(45)33-36(51-42-41(48)40(47)39(46)34(3)49-42)31-29-27-25-23-21-19-17-15-13-11-9-7-5-2/h34-36,39-42,46-48H,4-33H2,1-3H3,(H,43,44)/t34?,35?,36?,39-,40-,41?,42-/m0/s1. The Morgan fingerprint density at radius 2 is 0.902 bits per heavy atom. The highest BCUT2D eigenvalue weighted by Gasteiger charge is 2.43. The van der Waals surface area contributed by atoms with E-state index in [4.69, 9.17) is 14.2 Å². The lowest BCUT2D eigenvalue weighted by Crippen LogP contribution is -2.58. The monoisotopic (exact) mass is 729 g/mol. The zero-order valence-electron chi connectivity index (χ0n) is 33.1. The van der Waals surface area contributed by atoms with Crippen molar-refractivity contribution in [3.63, 3.8) is 0 Å². The highest BCUT2D eigenvalue weighted by molar-refractivity contribution is 5.72. The topological polar surface area (TPSA) is 143 Å². The van der Waals surface area contributed by atoms with Gasteiger partial charge >= 0.3 is 11.9 Å². The van der Waals surface area contributed by atoms with E-state index in [1.54, 1.807) is 6.92 Å². The number of carboxylic acids is 1. The molecule has 1 heterocycles. The summed E-state index contributed by atoms with van der Waals surface area (Å²) in [5.41, 5.74) is 0. The molecular weight excluding hydrogens is 648 g/mol. The van der Waals surface area contributed by atoms with Crippen molar-refractivity contribution in [2.45, 2.75) is 256 Å². The Hall–Kier alpha value is -1.26. The van der Waals surface area contributed by atoms with Crippen LogP contribution in [0.1, 0.15) is 213 Å². The molecule has 0 bridgehead atoms. The molecule has 0 saturated carbocycles. The highest BCUT2D eigenvalue weighted by atomic mass is 16.7. The molecule has 9 nitrogen and oxygen atoms in total. The fourth-order valence-corrected chi connectivity index (χ4v) is 7.13. The molecule has 0 spiro atoms. The molecule has 0 aromatic heterocycles. The molecule has 0 radical (unpaired) electrons. The van der Waals surface area contributed by atoms with Gasteiger partial charge < -0.3 is 34.6 Å². The van der Waals surface area contributed by atoms with Crippen LogP contribution in [0.25, 0.3) is 0 Å². The van der Waals surface area contributed by atoms with Crippen molar-refractivity contribution in [1.29, 1.82) is 0 Å². The van der Waals surface area contributed by atoms with Crippen LogP contribution < -0.4 is 0 Å². The second-order valence-electron chi connectivity index (χ2n) is 15.4. The maximum atomic E-state index is 13.1. The van der Waals surface area contributed by atoms with E-state index in [-0.39, 0.29) is 12.8 Å². The summed E-state index contributed by atoms with van der Waals surface area (Å²) in [5.74, 6) is -1.53. The van der Waals surface area contributed by atoms with Crippen molar-refractivity contribution in [2.24, 2.45) is 0 Å². The number of esters is 1. The van der Waals surface area contributed by atoms with Gasteiger partial charge in [0.1, 0.15) is 24.4 Å². The Balaban J connectivity index is 2.48. The van der Waals surface area contributed by atoms with Gasteiger partial charge in [-0.1, -0.05) is 174 Å². The Bertz CT molecular complexity index is 824. The molecule has 302 valence electrons. The summed E-state index contributed by atoms with van der Waals surface area (Å²) in [6.07, 6.45) is 25.1. The number of aliphatic carboxylic acids is 1. The normalized spacial score (nSPS) is 21.8. The van der Waals surface area contributed by atoms with Crippen LogP contribution in [-0.2, 0) is 23.8 Å². The minimum Gasteiger partial charge on any atom is -0.481 e. The first-order valence-electron chi connectivity index (χ1n) is 21.5. The number of rotatable bonds is 35. The Labute approximate surface area is 312 Å². The first-order chi connectivity index (χ1) is 24.7. The molecule has 4 N–H and O–H groups in total. The van der Waals surface area contributed by atoms with Gasteiger partial charge in [0, 0.05) is 0 Å². The van der Waals surface area contributed by atoms with E-state index >= 15 is 0 Å². The second-order valence-corrected chi connectivity index (χ2v) is 15.4. The molecule has 7 atom stereocenters. The Kier molecular flexibility index (Phi) is 30.1. The van der Waals surface area contributed by atoms with E-state index in [9.17, 15) is 30.0 Å². The molecule has 1 rings (SSSR count). The van der Waals surface area contributed by atoms with Crippen LogP contribution in [0, 0.1) is 0 Å². The van der Waals surface area contributed by atoms with Crippen molar-refractivity contribution in [1.82, 2.24) is 0 Å². The van der Waals surface area contributed by atoms with Crippen molar-refractivity contribution in [3.05, 3.63) is 0 Å². The average Bonchev–Trinajstić information content (AvgIpc) is 3.09. The number of carboxylic acid groups (broad SMARTS) is 1. The molecule has 0 aromatic rings. The van der Waals surface area contributed by atoms with Crippen LogP contribution in [0.3, 0.4) is 0 Å². The van der Waals surface area contributed by atoms with Gasteiger partial charge in [-0.05, 0) is 26.2 Å². The third-order valence-corrected chi connectivity index (χ3v) is 10.5. The summed E-state index contributed by atoms with van der Waals surface area (Å²) in [6, 6.07) is 0. The lowest BCUT2D eigenvalue weighted by molar-refractivity contribution is -0.304. The van der Waals surface area contributed by atoms with Crippen molar-refractivity contribution < 1.29 is 44.2 Å². The molecule has 0 amide bonds. The number of ether oxygens (including phenoxy) is 3. The SMILES string of the molecule is CCCCCCCCCCCCCCCC(CC(=O)O)OC(=O)CC(CCCCCCCCCCCCCCC)O[C@@H]1OC(C)[C@H](O)[C@H](O)C1O. The van der Waals surface area contributed by atoms with Crippen molar-refractivity contribution in [2.75, 3.05) is 0 Å². The Morgan fingerprint density at radius 3 is 1.29 bits per heavy atom. The van der Waals surface area contributed by atoms with Crippen LogP contribution in [0.15, 0.2) is 0 Å². The van der Waals surface area contributed by atoms with Crippen LogP contribution in [0.5, 0.6) is 0 Å². The van der Waals surface area contributed by atoms with Gasteiger partial charge in [0.05, 0.1) is 25.0 Å². The summed E-state index contributed by atoms with van der Waals surface area (Å²) in [6.45, 7) is 6.09. The maximum Gasteiger partial charge on any atom is 0.308 e. The zero-order chi connectivity index (χ0) is 37.5. The van der Waals surface area contributed by atoms with Gasteiger partial charge in [-0.3, -0.25) is 9.59 Å². The molecule has 0 aromatic carbocycles. The minimum absolute atomic E-state index is 0.105. The van der Waals surface area contributed by atoms with Gasteiger partial charge in [-0.2, -0.15) is 0 Å². The fourth-order valence-electron chi connectivity index (χ4n) is 7.13. The summed E-state index contributed by atoms with van der Waals surface area (Å²) in [4.78, 5) is 24.7. The molecular formula is C42H80O9. The van der Waals surface area contributed by atoms with E-state index < -0.39 is 54.9 Å². The smallest absolute Gasteiger partial charge is 0.308 e. The van der Waals surface area contributed by atoms with E-state index in [2.05, 4.69) is 13.8 Å². The molecule has 0 aliphatic carbocycles. The first kappa shape index (κ1) is 47.8. The number of carbonyl (C=O) groups excluding carboxylic acids is 1. The van der Waals surface area contributed by atoms with Crippen LogP contribution >= 0.6 is 0 Å². The summed E-state index contributed by atoms with van der Waals surface area (Å²) < 4.78 is 17.4. The molecule has 51 heavy (non-hydrogen) atoms. The van der Waals surface area contributed by atoms with Gasteiger partial charge in [-0.25, -0.2) is 0 Å². The zero-order valence-corrected chi connectivity index (χ0v) is 33.1. The summed E-state index contributed by atoms with van der Waals surface area (Å²) in [7, 11) is 0. The molecule has 1 saturated heterocycles. The first-order valence-corrected chi connectivity index (χ1v) is 21.5. The van der Waals surface area contributed by atoms with Crippen LogP contribution in [0.2, 0.25) is 0 Å². The number of aliphatic hydroxyl groups is 3. The Morgan fingerprint density at radius 1 is 0.529 bits per heavy atom. The average molecular weight is 729 g/mol. The summed E-state index contributed by atoms with van der Waals surface area (Å²) in [5, 5.41) is 40.4. The van der Waals surface area contributed by atoms with Gasteiger partial charge in [0.2, 0.25) is 0 Å². The maximum absolute atomic E-state index is 13.1. The summed E-state index contributed by atoms with van der Waals surface area (Å²) >= 11 is 0. The van der Waals surface area contributed by atoms with Crippen molar-refractivity contribution in [3.8, 4) is 0 Å².